The normalized spacial score (nSPS) is 12.5. The van der Waals surface area contributed by atoms with Crippen molar-refractivity contribution in [2.75, 3.05) is 30.6 Å². The SMILES string of the molecule is CCCCCS(C)(C)CCCOC(C)=O. The van der Waals surface area contributed by atoms with E-state index < -0.39 is 10.0 Å². The van der Waals surface area contributed by atoms with Gasteiger partial charge in [0.1, 0.15) is 0 Å². The van der Waals surface area contributed by atoms with E-state index in [1.165, 1.54) is 37.7 Å². The van der Waals surface area contributed by atoms with Gasteiger partial charge in [-0.15, -0.1) is 0 Å². The monoisotopic (exact) mass is 234 g/mol. The summed E-state index contributed by atoms with van der Waals surface area (Å²) in [5.41, 5.74) is 0. The van der Waals surface area contributed by atoms with Gasteiger partial charge in [0, 0.05) is 6.92 Å². The third-order valence-corrected chi connectivity index (χ3v) is 5.23. The molecule has 15 heavy (non-hydrogen) atoms. The fourth-order valence-electron chi connectivity index (χ4n) is 1.51. The molecule has 0 spiro atoms. The Morgan fingerprint density at radius 3 is 2.27 bits per heavy atom. The van der Waals surface area contributed by atoms with Crippen molar-refractivity contribution in [1.82, 2.24) is 0 Å². The van der Waals surface area contributed by atoms with Crippen LogP contribution in [0.3, 0.4) is 0 Å². The van der Waals surface area contributed by atoms with Gasteiger partial charge in [-0.05, 0) is 36.9 Å². The average molecular weight is 234 g/mol. The molecule has 2 nitrogen and oxygen atoms in total. The molecule has 0 aromatic rings. The molecule has 0 aliphatic heterocycles. The topological polar surface area (TPSA) is 26.3 Å². The summed E-state index contributed by atoms with van der Waals surface area (Å²) < 4.78 is 4.94. The van der Waals surface area contributed by atoms with Crippen LogP contribution < -0.4 is 0 Å². The fourth-order valence-corrected chi connectivity index (χ4v) is 3.60. The third-order valence-electron chi connectivity index (χ3n) is 2.45. The van der Waals surface area contributed by atoms with Crippen molar-refractivity contribution in [2.24, 2.45) is 0 Å². The van der Waals surface area contributed by atoms with Crippen LogP contribution in [0.2, 0.25) is 0 Å². The lowest BCUT2D eigenvalue weighted by Crippen LogP contribution is -2.10. The Balaban J connectivity index is 3.50. The Morgan fingerprint density at radius 2 is 1.73 bits per heavy atom. The van der Waals surface area contributed by atoms with Crippen molar-refractivity contribution in [3.05, 3.63) is 0 Å². The Labute approximate surface area is 96.1 Å². The molecule has 0 rings (SSSR count). The first kappa shape index (κ1) is 14.8. The van der Waals surface area contributed by atoms with Gasteiger partial charge in [-0.25, -0.2) is 10.0 Å². The Morgan fingerprint density at radius 1 is 1.13 bits per heavy atom. The number of esters is 1. The predicted octanol–water partition coefficient (Wildman–Crippen LogP) is 3.19. The first-order valence-electron chi connectivity index (χ1n) is 5.80. The smallest absolute Gasteiger partial charge is 0.302 e. The van der Waals surface area contributed by atoms with Gasteiger partial charge in [0.15, 0.2) is 0 Å². The van der Waals surface area contributed by atoms with Gasteiger partial charge in [-0.1, -0.05) is 19.8 Å². The van der Waals surface area contributed by atoms with Crippen molar-refractivity contribution in [3.63, 3.8) is 0 Å². The van der Waals surface area contributed by atoms with Crippen LogP contribution in [0, 0.1) is 0 Å². The highest BCUT2D eigenvalue weighted by molar-refractivity contribution is 8.32. The van der Waals surface area contributed by atoms with Gasteiger partial charge in [-0.3, -0.25) is 4.79 Å². The quantitative estimate of drug-likeness (QED) is 0.476. The minimum atomic E-state index is -0.443. The first-order chi connectivity index (χ1) is 6.98. The summed E-state index contributed by atoms with van der Waals surface area (Å²) in [5.74, 6) is 2.43. The van der Waals surface area contributed by atoms with Crippen molar-refractivity contribution in [2.45, 2.75) is 39.5 Å². The first-order valence-corrected chi connectivity index (χ1v) is 8.59. The molecule has 0 aromatic heterocycles. The lowest BCUT2D eigenvalue weighted by atomic mass is 10.3. The zero-order valence-electron chi connectivity index (χ0n) is 10.7. The largest absolute Gasteiger partial charge is 0.466 e. The summed E-state index contributed by atoms with van der Waals surface area (Å²) in [4.78, 5) is 10.6. The molecule has 0 aromatic carbocycles. The van der Waals surface area contributed by atoms with Crippen molar-refractivity contribution in [1.29, 1.82) is 0 Å². The van der Waals surface area contributed by atoms with Crippen LogP contribution in [0.5, 0.6) is 0 Å². The molecule has 92 valence electrons. The van der Waals surface area contributed by atoms with Crippen LogP contribution in [-0.4, -0.2) is 36.6 Å². The van der Waals surface area contributed by atoms with Crippen LogP contribution in [0.4, 0.5) is 0 Å². The molecule has 0 radical (unpaired) electrons. The summed E-state index contributed by atoms with van der Waals surface area (Å²) in [6.45, 7) is 4.31. The molecule has 0 aliphatic rings. The van der Waals surface area contributed by atoms with Gasteiger partial charge in [0.05, 0.1) is 6.61 Å². The summed E-state index contributed by atoms with van der Waals surface area (Å²) in [5, 5.41) is 0. The van der Waals surface area contributed by atoms with Crippen LogP contribution >= 0.6 is 10.0 Å². The molecule has 0 saturated heterocycles. The van der Waals surface area contributed by atoms with E-state index in [4.69, 9.17) is 4.74 Å². The Kier molecular flexibility index (Phi) is 7.93. The van der Waals surface area contributed by atoms with E-state index in [1.54, 1.807) is 0 Å². The highest BCUT2D eigenvalue weighted by Crippen LogP contribution is 2.41. The molecule has 0 aliphatic carbocycles. The molecule has 0 unspecified atom stereocenters. The van der Waals surface area contributed by atoms with Crippen LogP contribution in [0.25, 0.3) is 0 Å². The molecule has 0 amide bonds. The molecule has 0 bridgehead atoms. The number of rotatable bonds is 8. The lowest BCUT2D eigenvalue weighted by Gasteiger charge is -2.31. The van der Waals surface area contributed by atoms with Crippen molar-refractivity contribution in [3.8, 4) is 0 Å². The summed E-state index contributed by atoms with van der Waals surface area (Å²) in [6.07, 6.45) is 9.79. The molecular formula is C12H26O2S. The van der Waals surface area contributed by atoms with Gasteiger partial charge in [0.2, 0.25) is 0 Å². The van der Waals surface area contributed by atoms with E-state index in [1.807, 2.05) is 0 Å². The highest BCUT2D eigenvalue weighted by Gasteiger charge is 2.10. The fraction of sp³-hybridized carbons (Fsp3) is 0.917. The zero-order chi connectivity index (χ0) is 11.7. The number of hydrogen-bond donors (Lipinski definition) is 0. The maximum atomic E-state index is 10.6. The molecule has 0 atom stereocenters. The highest BCUT2D eigenvalue weighted by atomic mass is 32.3. The second-order valence-electron chi connectivity index (χ2n) is 4.58. The maximum Gasteiger partial charge on any atom is 0.302 e. The zero-order valence-corrected chi connectivity index (χ0v) is 11.5. The van der Waals surface area contributed by atoms with Gasteiger partial charge in [0.25, 0.3) is 0 Å². The molecule has 0 heterocycles. The number of ether oxygens (including phenoxy) is 1. The van der Waals surface area contributed by atoms with E-state index in [-0.39, 0.29) is 5.97 Å². The van der Waals surface area contributed by atoms with E-state index in [9.17, 15) is 4.79 Å². The van der Waals surface area contributed by atoms with E-state index in [2.05, 4.69) is 19.4 Å². The van der Waals surface area contributed by atoms with E-state index >= 15 is 0 Å². The molecule has 3 heteroatoms. The summed E-state index contributed by atoms with van der Waals surface area (Å²) in [7, 11) is -0.443. The third kappa shape index (κ3) is 10.1. The number of carbonyl (C=O) groups is 1. The lowest BCUT2D eigenvalue weighted by molar-refractivity contribution is -0.140. The second-order valence-corrected chi connectivity index (χ2v) is 8.93. The number of carbonyl (C=O) groups excluding carboxylic acids is 1. The maximum absolute atomic E-state index is 10.6. The average Bonchev–Trinajstić information content (AvgIpc) is 2.13. The molecule has 0 saturated carbocycles. The number of unbranched alkanes of at least 4 members (excludes halogenated alkanes) is 2. The molecular weight excluding hydrogens is 208 g/mol. The van der Waals surface area contributed by atoms with Gasteiger partial charge >= 0.3 is 5.97 Å². The summed E-state index contributed by atoms with van der Waals surface area (Å²) >= 11 is 0. The van der Waals surface area contributed by atoms with Crippen molar-refractivity contribution >= 4 is 16.0 Å². The minimum Gasteiger partial charge on any atom is -0.466 e. The second kappa shape index (κ2) is 8.03. The van der Waals surface area contributed by atoms with Crippen LogP contribution in [-0.2, 0) is 9.53 Å². The Hall–Kier alpha value is -0.180. The van der Waals surface area contributed by atoms with Gasteiger partial charge in [-0.2, -0.15) is 0 Å². The standard InChI is InChI=1S/C12H26O2S/c1-5-6-7-10-15(3,4)11-8-9-14-12(2)13/h5-11H2,1-4H3. The predicted molar refractivity (Wildman–Crippen MR) is 69.9 cm³/mol. The van der Waals surface area contributed by atoms with E-state index in [0.717, 1.165) is 6.42 Å². The van der Waals surface area contributed by atoms with Gasteiger partial charge < -0.3 is 4.74 Å². The minimum absolute atomic E-state index is 0.159. The summed E-state index contributed by atoms with van der Waals surface area (Å²) in [6, 6.07) is 0. The molecule has 0 fully saturated rings. The Bertz CT molecular complexity index is 178. The van der Waals surface area contributed by atoms with Crippen LogP contribution in [0.1, 0.15) is 39.5 Å². The van der Waals surface area contributed by atoms with Crippen molar-refractivity contribution < 1.29 is 9.53 Å². The van der Waals surface area contributed by atoms with E-state index in [0.29, 0.717) is 6.61 Å². The van der Waals surface area contributed by atoms with Crippen LogP contribution in [0.15, 0.2) is 0 Å². The number of hydrogen-bond acceptors (Lipinski definition) is 2. The molecule has 0 N–H and O–H groups in total.